The Morgan fingerprint density at radius 3 is 2.54 bits per heavy atom. The van der Waals surface area contributed by atoms with Gasteiger partial charge in [0.15, 0.2) is 0 Å². The first kappa shape index (κ1) is 17.7. The Bertz CT molecular complexity index is 844. The number of aliphatic carboxylic acids is 1. The molecule has 3 aromatic rings. The fourth-order valence-corrected chi connectivity index (χ4v) is 2.62. The third kappa shape index (κ3) is 4.70. The van der Waals surface area contributed by atoms with Crippen molar-refractivity contribution in [2.75, 3.05) is 6.54 Å². The quantitative estimate of drug-likeness (QED) is 0.577. The van der Waals surface area contributed by atoms with E-state index in [2.05, 4.69) is 10.3 Å². The van der Waals surface area contributed by atoms with Gasteiger partial charge in [0.1, 0.15) is 18.1 Å². The van der Waals surface area contributed by atoms with Gasteiger partial charge in [-0.15, -0.1) is 0 Å². The van der Waals surface area contributed by atoms with Crippen molar-refractivity contribution >= 4 is 5.97 Å². The zero-order chi connectivity index (χ0) is 18.4. The molecule has 0 spiro atoms. The van der Waals surface area contributed by atoms with E-state index >= 15 is 0 Å². The van der Waals surface area contributed by atoms with Gasteiger partial charge >= 0.3 is 5.97 Å². The molecule has 3 N–H and O–H groups in total. The minimum absolute atomic E-state index is 0.161. The van der Waals surface area contributed by atoms with Gasteiger partial charge in [0, 0.05) is 18.5 Å². The van der Waals surface area contributed by atoms with Gasteiger partial charge in [0.25, 0.3) is 0 Å². The monoisotopic (exact) mass is 352 g/mol. The second kappa shape index (κ2) is 8.31. The molecule has 1 heterocycles. The van der Waals surface area contributed by atoms with Crippen LogP contribution in [0.3, 0.4) is 0 Å². The Morgan fingerprint density at radius 2 is 1.85 bits per heavy atom. The molecule has 0 radical (unpaired) electrons. The summed E-state index contributed by atoms with van der Waals surface area (Å²) < 4.78 is 5.48. The number of hydrogen-bond donors (Lipinski definition) is 3. The van der Waals surface area contributed by atoms with E-state index < -0.39 is 12.0 Å². The number of hydrogen-bond acceptors (Lipinski definition) is 5. The summed E-state index contributed by atoms with van der Waals surface area (Å²) in [5, 5.41) is 21.7. The lowest BCUT2D eigenvalue weighted by Gasteiger charge is -2.14. The highest BCUT2D eigenvalue weighted by Gasteiger charge is 2.17. The third-order valence-corrected chi connectivity index (χ3v) is 4.02. The Kier molecular flexibility index (Phi) is 5.66. The molecule has 0 aliphatic carbocycles. The fourth-order valence-electron chi connectivity index (χ4n) is 2.62. The smallest absolute Gasteiger partial charge is 0.321 e. The number of phenolic OH excluding ortho intramolecular Hbond substituents is 1. The van der Waals surface area contributed by atoms with Crippen LogP contribution >= 0.6 is 0 Å². The lowest BCUT2D eigenvalue weighted by molar-refractivity contribution is -0.139. The molecule has 0 bridgehead atoms. The van der Waals surface area contributed by atoms with Crippen LogP contribution in [0.15, 0.2) is 65.3 Å². The summed E-state index contributed by atoms with van der Waals surface area (Å²) in [6, 6.07) is 15.4. The minimum atomic E-state index is -0.914. The summed E-state index contributed by atoms with van der Waals surface area (Å²) in [4.78, 5) is 15.9. The molecule has 0 unspecified atom stereocenters. The molecule has 1 aromatic heterocycles. The van der Waals surface area contributed by atoms with Gasteiger partial charge in [0.05, 0.1) is 5.69 Å². The zero-order valence-electron chi connectivity index (χ0n) is 14.1. The van der Waals surface area contributed by atoms with Gasteiger partial charge in [0.2, 0.25) is 5.89 Å². The van der Waals surface area contributed by atoms with Crippen LogP contribution in [-0.2, 0) is 17.6 Å². The van der Waals surface area contributed by atoms with Crippen LogP contribution in [0.1, 0.15) is 11.3 Å². The van der Waals surface area contributed by atoms with Gasteiger partial charge in [-0.3, -0.25) is 4.79 Å². The molecule has 134 valence electrons. The van der Waals surface area contributed by atoms with E-state index in [4.69, 9.17) is 4.42 Å². The topological polar surface area (TPSA) is 95.6 Å². The Labute approximate surface area is 151 Å². The molecule has 0 aliphatic heterocycles. The van der Waals surface area contributed by atoms with Crippen molar-refractivity contribution in [3.05, 3.63) is 72.1 Å². The molecule has 26 heavy (non-hydrogen) atoms. The number of phenols is 1. The van der Waals surface area contributed by atoms with Crippen molar-refractivity contribution in [2.45, 2.75) is 18.9 Å². The first-order valence-electron chi connectivity index (χ1n) is 8.36. The van der Waals surface area contributed by atoms with Gasteiger partial charge in [-0.1, -0.05) is 30.3 Å². The molecule has 0 amide bonds. The molecule has 6 heteroatoms. The van der Waals surface area contributed by atoms with Crippen LogP contribution in [0.5, 0.6) is 5.75 Å². The van der Waals surface area contributed by atoms with Crippen molar-refractivity contribution in [3.63, 3.8) is 0 Å². The number of carbonyl (C=O) groups is 1. The van der Waals surface area contributed by atoms with E-state index in [1.807, 2.05) is 30.3 Å². The van der Waals surface area contributed by atoms with Crippen LogP contribution in [0.25, 0.3) is 11.5 Å². The first-order valence-corrected chi connectivity index (χ1v) is 8.36. The Balaban J connectivity index is 1.54. The average molecular weight is 352 g/mol. The Morgan fingerprint density at radius 1 is 1.12 bits per heavy atom. The summed E-state index contributed by atoms with van der Waals surface area (Å²) in [5.41, 5.74) is 2.52. The molecule has 3 rings (SSSR count). The normalized spacial score (nSPS) is 12.0. The standard InChI is InChI=1S/C20H20N2O4/c23-17-8-6-14(7-9-17)12-18(20(24)25)21-11-10-16-13-26-19(22-16)15-4-2-1-3-5-15/h1-9,13,18,21,23H,10-12H2,(H,24,25)/t18-/m0/s1. The highest BCUT2D eigenvalue weighted by atomic mass is 16.4. The number of aromatic hydroxyl groups is 1. The van der Waals surface area contributed by atoms with E-state index in [1.165, 1.54) is 0 Å². The number of nitrogens with one attached hydrogen (secondary N) is 1. The van der Waals surface area contributed by atoms with Gasteiger partial charge in [-0.05, 0) is 36.2 Å². The van der Waals surface area contributed by atoms with E-state index in [0.29, 0.717) is 25.3 Å². The minimum Gasteiger partial charge on any atom is -0.508 e. The van der Waals surface area contributed by atoms with E-state index in [9.17, 15) is 15.0 Å². The summed E-state index contributed by atoms with van der Waals surface area (Å²) in [6.45, 7) is 0.468. The molecule has 0 aliphatic rings. The van der Waals surface area contributed by atoms with Crippen LogP contribution in [-0.4, -0.2) is 33.8 Å². The van der Waals surface area contributed by atoms with Crippen molar-refractivity contribution in [1.82, 2.24) is 10.3 Å². The largest absolute Gasteiger partial charge is 0.508 e. The summed E-state index contributed by atoms with van der Waals surface area (Å²) in [5.74, 6) is -0.198. The second-order valence-electron chi connectivity index (χ2n) is 5.98. The van der Waals surface area contributed by atoms with Gasteiger partial charge in [-0.25, -0.2) is 4.98 Å². The molecule has 0 saturated heterocycles. The third-order valence-electron chi connectivity index (χ3n) is 4.02. The SMILES string of the molecule is O=C(O)[C@H](Cc1ccc(O)cc1)NCCc1coc(-c2ccccc2)n1. The average Bonchev–Trinajstić information content (AvgIpc) is 3.12. The lowest BCUT2D eigenvalue weighted by Crippen LogP contribution is -2.39. The number of aromatic nitrogens is 1. The summed E-state index contributed by atoms with van der Waals surface area (Å²) in [7, 11) is 0. The molecule has 1 atom stereocenters. The number of oxazole rings is 1. The first-order chi connectivity index (χ1) is 12.6. The molecular weight excluding hydrogens is 332 g/mol. The van der Waals surface area contributed by atoms with Crippen LogP contribution in [0.4, 0.5) is 0 Å². The highest BCUT2D eigenvalue weighted by Crippen LogP contribution is 2.18. The lowest BCUT2D eigenvalue weighted by atomic mass is 10.1. The van der Waals surface area contributed by atoms with Gasteiger partial charge < -0.3 is 19.9 Å². The molecule has 0 saturated carbocycles. The van der Waals surface area contributed by atoms with Crippen molar-refractivity contribution in [2.24, 2.45) is 0 Å². The van der Waals surface area contributed by atoms with Crippen LogP contribution in [0, 0.1) is 0 Å². The molecule has 6 nitrogen and oxygen atoms in total. The maximum absolute atomic E-state index is 11.5. The summed E-state index contributed by atoms with van der Waals surface area (Å²) >= 11 is 0. The van der Waals surface area contributed by atoms with E-state index in [1.54, 1.807) is 30.5 Å². The van der Waals surface area contributed by atoms with Gasteiger partial charge in [-0.2, -0.15) is 0 Å². The van der Waals surface area contributed by atoms with Crippen LogP contribution < -0.4 is 5.32 Å². The number of carboxylic acids is 1. The molecule has 0 fully saturated rings. The second-order valence-corrected chi connectivity index (χ2v) is 5.98. The zero-order valence-corrected chi connectivity index (χ0v) is 14.1. The molecular formula is C20H20N2O4. The predicted molar refractivity (Wildman–Crippen MR) is 96.9 cm³/mol. The number of benzene rings is 2. The van der Waals surface area contributed by atoms with Crippen LogP contribution in [0.2, 0.25) is 0 Å². The number of nitrogens with zero attached hydrogens (tertiary/aromatic N) is 1. The van der Waals surface area contributed by atoms with E-state index in [-0.39, 0.29) is 5.75 Å². The highest BCUT2D eigenvalue weighted by molar-refractivity contribution is 5.73. The van der Waals surface area contributed by atoms with E-state index in [0.717, 1.165) is 16.8 Å². The van der Waals surface area contributed by atoms with Crippen molar-refractivity contribution in [1.29, 1.82) is 0 Å². The summed E-state index contributed by atoms with van der Waals surface area (Å²) in [6.07, 6.45) is 2.50. The Hall–Kier alpha value is -3.12. The maximum atomic E-state index is 11.5. The molecule has 2 aromatic carbocycles. The number of rotatable bonds is 8. The predicted octanol–water partition coefficient (Wildman–Crippen LogP) is 2.88. The number of carboxylic acid groups (broad SMARTS) is 1. The van der Waals surface area contributed by atoms with Crippen molar-refractivity contribution < 1.29 is 19.4 Å². The van der Waals surface area contributed by atoms with Crippen molar-refractivity contribution in [3.8, 4) is 17.2 Å². The maximum Gasteiger partial charge on any atom is 0.321 e. The fraction of sp³-hybridized carbons (Fsp3) is 0.200.